The van der Waals surface area contributed by atoms with Gasteiger partial charge < -0.3 is 15.5 Å². The number of carbonyl (C=O) groups is 2. The van der Waals surface area contributed by atoms with Crippen LogP contribution >= 0.6 is 0 Å². The van der Waals surface area contributed by atoms with Gasteiger partial charge in [0.25, 0.3) is 11.8 Å². The first-order valence-electron chi connectivity index (χ1n) is 12.7. The summed E-state index contributed by atoms with van der Waals surface area (Å²) in [5.41, 5.74) is 2.28. The lowest BCUT2D eigenvalue weighted by Crippen LogP contribution is -2.20. The van der Waals surface area contributed by atoms with Gasteiger partial charge in [0.2, 0.25) is 0 Å². The van der Waals surface area contributed by atoms with E-state index in [1.807, 2.05) is 44.4 Å². The minimum absolute atomic E-state index is 0.00101. The van der Waals surface area contributed by atoms with Crippen LogP contribution in [-0.2, 0) is 16.3 Å². The zero-order chi connectivity index (χ0) is 28.7. The van der Waals surface area contributed by atoms with E-state index in [0.717, 1.165) is 30.5 Å². The highest BCUT2D eigenvalue weighted by atomic mass is 32.2. The molecule has 0 aliphatic heterocycles. The molecule has 0 saturated carbocycles. The van der Waals surface area contributed by atoms with Crippen LogP contribution in [0.2, 0.25) is 0 Å². The minimum Gasteiger partial charge on any atom is -0.321 e. The molecule has 9 nitrogen and oxygen atoms in total. The van der Waals surface area contributed by atoms with Gasteiger partial charge in [0.15, 0.2) is 15.7 Å². The molecule has 3 aromatic carbocycles. The van der Waals surface area contributed by atoms with Crippen LogP contribution in [-0.4, -0.2) is 62.0 Å². The van der Waals surface area contributed by atoms with Gasteiger partial charge in [-0.25, -0.2) is 18.4 Å². The summed E-state index contributed by atoms with van der Waals surface area (Å²) >= 11 is 0. The Balaban J connectivity index is 1.62. The van der Waals surface area contributed by atoms with Crippen molar-refractivity contribution in [3.05, 3.63) is 102 Å². The summed E-state index contributed by atoms with van der Waals surface area (Å²) in [6.07, 6.45) is 2.60. The van der Waals surface area contributed by atoms with E-state index in [2.05, 4.69) is 25.5 Å². The van der Waals surface area contributed by atoms with Crippen LogP contribution in [0.4, 0.5) is 11.4 Å². The number of carbonyl (C=O) groups excluding carboxylic acids is 2. The molecule has 1 heterocycles. The quantitative estimate of drug-likeness (QED) is 0.293. The number of nitrogens with one attached hydrogen (secondary N) is 2. The maximum atomic E-state index is 13.4. The number of aryl methyl sites for hydroxylation is 1. The highest BCUT2D eigenvalue weighted by molar-refractivity contribution is 7.90. The molecule has 206 valence electrons. The van der Waals surface area contributed by atoms with Crippen LogP contribution in [0.5, 0.6) is 0 Å². The van der Waals surface area contributed by atoms with E-state index in [0.29, 0.717) is 12.2 Å². The molecule has 0 saturated heterocycles. The van der Waals surface area contributed by atoms with Crippen molar-refractivity contribution in [3.8, 4) is 11.4 Å². The summed E-state index contributed by atoms with van der Waals surface area (Å²) < 4.78 is 24.3. The van der Waals surface area contributed by atoms with Crippen molar-refractivity contribution >= 4 is 33.0 Å². The van der Waals surface area contributed by atoms with Gasteiger partial charge >= 0.3 is 0 Å². The van der Waals surface area contributed by atoms with E-state index in [1.165, 1.54) is 12.1 Å². The third kappa shape index (κ3) is 7.37. The minimum atomic E-state index is -3.57. The van der Waals surface area contributed by atoms with E-state index >= 15 is 0 Å². The monoisotopic (exact) mass is 557 g/mol. The van der Waals surface area contributed by atoms with Crippen molar-refractivity contribution in [1.82, 2.24) is 14.9 Å². The Labute approximate surface area is 234 Å². The van der Waals surface area contributed by atoms with Crippen LogP contribution in [0.1, 0.15) is 33.0 Å². The third-order valence-electron chi connectivity index (χ3n) is 6.04. The summed E-state index contributed by atoms with van der Waals surface area (Å²) in [6, 6.07) is 23.8. The molecule has 2 amide bonds. The Morgan fingerprint density at radius 3 is 2.12 bits per heavy atom. The molecule has 40 heavy (non-hydrogen) atoms. The summed E-state index contributed by atoms with van der Waals surface area (Å²) in [4.78, 5) is 37.9. The van der Waals surface area contributed by atoms with Gasteiger partial charge in [0.05, 0.1) is 21.8 Å². The number of nitrogens with zero attached hydrogens (tertiary/aromatic N) is 3. The van der Waals surface area contributed by atoms with E-state index in [1.54, 1.807) is 42.5 Å². The molecule has 0 bridgehead atoms. The van der Waals surface area contributed by atoms with E-state index < -0.39 is 21.7 Å². The van der Waals surface area contributed by atoms with Gasteiger partial charge in [-0.2, -0.15) is 0 Å². The second-order valence-corrected chi connectivity index (χ2v) is 11.5. The fourth-order valence-electron chi connectivity index (χ4n) is 4.09. The van der Waals surface area contributed by atoms with Crippen LogP contribution in [0, 0.1) is 0 Å². The molecule has 0 atom stereocenters. The first-order valence-corrected chi connectivity index (χ1v) is 14.6. The predicted molar refractivity (Wildman–Crippen MR) is 156 cm³/mol. The largest absolute Gasteiger partial charge is 0.321 e. The SMILES string of the molecule is CN(C)CCCc1cc(C(=O)Nc2ccccc2C(=O)Nc2ccccc2S(C)(=O)=O)nc(-c2ccccc2)n1. The topological polar surface area (TPSA) is 121 Å². The number of hydrogen-bond acceptors (Lipinski definition) is 7. The van der Waals surface area contributed by atoms with Gasteiger partial charge in [-0.1, -0.05) is 54.6 Å². The Morgan fingerprint density at radius 2 is 1.43 bits per heavy atom. The molecule has 0 aliphatic carbocycles. The highest BCUT2D eigenvalue weighted by Crippen LogP contribution is 2.24. The summed E-state index contributed by atoms with van der Waals surface area (Å²) in [7, 11) is 0.433. The molecule has 1 aromatic heterocycles. The first-order chi connectivity index (χ1) is 19.1. The van der Waals surface area contributed by atoms with Crippen LogP contribution in [0.3, 0.4) is 0 Å². The Hall–Kier alpha value is -4.41. The number of benzene rings is 3. The van der Waals surface area contributed by atoms with E-state index in [9.17, 15) is 18.0 Å². The highest BCUT2D eigenvalue weighted by Gasteiger charge is 2.20. The third-order valence-corrected chi connectivity index (χ3v) is 7.19. The van der Waals surface area contributed by atoms with Gasteiger partial charge in [0.1, 0.15) is 5.69 Å². The average molecular weight is 558 g/mol. The predicted octanol–water partition coefficient (Wildman–Crippen LogP) is 4.55. The smallest absolute Gasteiger partial charge is 0.274 e. The molecule has 0 unspecified atom stereocenters. The van der Waals surface area contributed by atoms with Crippen LogP contribution < -0.4 is 10.6 Å². The fraction of sp³-hybridized carbons (Fsp3) is 0.200. The lowest BCUT2D eigenvalue weighted by Gasteiger charge is -2.14. The van der Waals surface area contributed by atoms with Gasteiger partial charge in [-0.15, -0.1) is 0 Å². The molecule has 4 aromatic rings. The Bertz CT molecular complexity index is 1620. The van der Waals surface area contributed by atoms with Crippen molar-refractivity contribution in [2.45, 2.75) is 17.7 Å². The number of hydrogen-bond donors (Lipinski definition) is 2. The number of aromatic nitrogens is 2. The molecule has 0 spiro atoms. The van der Waals surface area contributed by atoms with E-state index in [-0.39, 0.29) is 27.5 Å². The lowest BCUT2D eigenvalue weighted by atomic mass is 10.1. The zero-order valence-corrected chi connectivity index (χ0v) is 23.4. The van der Waals surface area contributed by atoms with Crippen molar-refractivity contribution < 1.29 is 18.0 Å². The number of para-hydroxylation sites is 2. The van der Waals surface area contributed by atoms with Gasteiger partial charge in [0, 0.05) is 17.5 Å². The second kappa shape index (κ2) is 12.6. The average Bonchev–Trinajstić information content (AvgIpc) is 2.93. The van der Waals surface area contributed by atoms with Crippen molar-refractivity contribution in [2.24, 2.45) is 0 Å². The number of anilines is 2. The Kier molecular flexibility index (Phi) is 9.03. The molecular formula is C30H31N5O4S. The number of amides is 2. The molecule has 0 radical (unpaired) electrons. The summed E-state index contributed by atoms with van der Waals surface area (Å²) in [5.74, 6) is -0.620. The van der Waals surface area contributed by atoms with Gasteiger partial charge in [-0.3, -0.25) is 9.59 Å². The molecule has 10 heteroatoms. The van der Waals surface area contributed by atoms with Crippen LogP contribution in [0.25, 0.3) is 11.4 Å². The molecule has 0 fully saturated rings. The lowest BCUT2D eigenvalue weighted by molar-refractivity contribution is 0.102. The van der Waals surface area contributed by atoms with Gasteiger partial charge in [-0.05, 0) is 63.8 Å². The van der Waals surface area contributed by atoms with Crippen molar-refractivity contribution in [3.63, 3.8) is 0 Å². The number of rotatable bonds is 10. The molecular weight excluding hydrogens is 526 g/mol. The molecule has 2 N–H and O–H groups in total. The van der Waals surface area contributed by atoms with E-state index in [4.69, 9.17) is 0 Å². The molecule has 4 rings (SSSR count). The summed E-state index contributed by atoms with van der Waals surface area (Å²) in [6.45, 7) is 0.872. The fourth-order valence-corrected chi connectivity index (χ4v) is 4.94. The van der Waals surface area contributed by atoms with Crippen molar-refractivity contribution in [1.29, 1.82) is 0 Å². The normalized spacial score (nSPS) is 11.3. The zero-order valence-electron chi connectivity index (χ0n) is 22.6. The molecule has 0 aliphatic rings. The Morgan fingerprint density at radius 1 is 0.800 bits per heavy atom. The first kappa shape index (κ1) is 28.6. The maximum Gasteiger partial charge on any atom is 0.274 e. The second-order valence-electron chi connectivity index (χ2n) is 9.56. The summed E-state index contributed by atoms with van der Waals surface area (Å²) in [5, 5.41) is 5.46. The maximum absolute atomic E-state index is 13.4. The number of sulfone groups is 1. The van der Waals surface area contributed by atoms with Crippen LogP contribution in [0.15, 0.2) is 89.8 Å². The van der Waals surface area contributed by atoms with Crippen molar-refractivity contribution in [2.75, 3.05) is 37.5 Å². The standard InChI is InChI=1S/C30H31N5O4S/c1-35(2)19-11-14-22-20-26(32-28(31-22)21-12-5-4-6-13-21)30(37)33-24-16-8-7-15-23(24)29(36)34-25-17-9-10-18-27(25)40(3,38)39/h4-10,12-13,15-18,20H,11,14,19H2,1-3H3,(H,33,37)(H,34,36).